The van der Waals surface area contributed by atoms with Gasteiger partial charge in [-0.15, -0.1) is 0 Å². The van der Waals surface area contributed by atoms with Crippen LogP contribution in [0.2, 0.25) is 0 Å². The largest absolute Gasteiger partial charge is 0.393 e. The summed E-state index contributed by atoms with van der Waals surface area (Å²) in [5, 5.41) is 30.3. The van der Waals surface area contributed by atoms with Gasteiger partial charge in [-0.1, -0.05) is 129 Å². The lowest BCUT2D eigenvalue weighted by Gasteiger charge is -2.31. The average Bonchev–Trinajstić information content (AvgIpc) is 2.71. The molecule has 0 aliphatic rings. The van der Waals surface area contributed by atoms with Crippen LogP contribution in [0.25, 0.3) is 0 Å². The third-order valence-electron chi connectivity index (χ3n) is 6.19. The van der Waals surface area contributed by atoms with Crippen molar-refractivity contribution in [1.82, 2.24) is 0 Å². The average molecular weight is 401 g/mol. The molecule has 2 atom stereocenters. The maximum absolute atomic E-state index is 10.5. The lowest BCUT2D eigenvalue weighted by molar-refractivity contribution is -0.114. The summed E-state index contributed by atoms with van der Waals surface area (Å²) in [5.41, 5.74) is -1.30. The van der Waals surface area contributed by atoms with Crippen LogP contribution in [0, 0.1) is 0 Å². The van der Waals surface area contributed by atoms with Crippen LogP contribution in [0.4, 0.5) is 0 Å². The minimum Gasteiger partial charge on any atom is -0.393 e. The van der Waals surface area contributed by atoms with Crippen LogP contribution in [0.5, 0.6) is 0 Å². The second-order valence-electron chi connectivity index (χ2n) is 8.97. The third-order valence-corrected chi connectivity index (χ3v) is 6.19. The van der Waals surface area contributed by atoms with Gasteiger partial charge in [0.25, 0.3) is 0 Å². The molecule has 170 valence electrons. The topological polar surface area (TPSA) is 60.7 Å². The molecular formula is C25H52O3. The molecule has 0 saturated heterocycles. The van der Waals surface area contributed by atoms with Crippen LogP contribution < -0.4 is 0 Å². The van der Waals surface area contributed by atoms with Gasteiger partial charge in [0.1, 0.15) is 5.60 Å². The first-order chi connectivity index (χ1) is 13.6. The van der Waals surface area contributed by atoms with Crippen molar-refractivity contribution in [2.45, 2.75) is 154 Å². The zero-order valence-corrected chi connectivity index (χ0v) is 19.3. The molecular weight excluding hydrogens is 348 g/mol. The van der Waals surface area contributed by atoms with Crippen molar-refractivity contribution in [3.05, 3.63) is 0 Å². The number of hydrogen-bond acceptors (Lipinski definition) is 3. The standard InChI is InChI=1S/C25H52O3/c1-3-5-7-9-10-11-12-13-14-15-16-17-18-19-21-24(27)25(28,23-26)22-20-8-6-4-2/h24,26-28H,3-23H2,1-2H3. The Labute approximate surface area is 176 Å². The van der Waals surface area contributed by atoms with E-state index in [2.05, 4.69) is 13.8 Å². The summed E-state index contributed by atoms with van der Waals surface area (Å²) in [6.45, 7) is 4.09. The lowest BCUT2D eigenvalue weighted by atomic mass is 9.87. The van der Waals surface area contributed by atoms with E-state index in [1.807, 2.05) is 0 Å². The van der Waals surface area contributed by atoms with E-state index in [1.165, 1.54) is 77.0 Å². The van der Waals surface area contributed by atoms with Crippen molar-refractivity contribution in [1.29, 1.82) is 0 Å². The predicted octanol–water partition coefficient (Wildman–Crippen LogP) is 6.91. The molecule has 0 saturated carbocycles. The SMILES string of the molecule is CCCCCCCCCCCCCCCCC(O)C(O)(CO)CCCCCC. The first-order valence-corrected chi connectivity index (χ1v) is 12.6. The summed E-state index contributed by atoms with van der Waals surface area (Å²) in [6, 6.07) is 0. The van der Waals surface area contributed by atoms with Gasteiger partial charge >= 0.3 is 0 Å². The van der Waals surface area contributed by atoms with Crippen molar-refractivity contribution in [2.24, 2.45) is 0 Å². The Morgan fingerprint density at radius 3 is 1.32 bits per heavy atom. The van der Waals surface area contributed by atoms with E-state index in [0.29, 0.717) is 12.8 Å². The minimum absolute atomic E-state index is 0.334. The van der Waals surface area contributed by atoms with E-state index in [1.54, 1.807) is 0 Å². The number of aliphatic hydroxyl groups excluding tert-OH is 2. The molecule has 2 unspecified atom stereocenters. The van der Waals surface area contributed by atoms with E-state index < -0.39 is 11.7 Å². The number of hydrogen-bond donors (Lipinski definition) is 3. The Balaban J connectivity index is 3.50. The van der Waals surface area contributed by atoms with Crippen molar-refractivity contribution in [3.8, 4) is 0 Å². The molecule has 0 spiro atoms. The van der Waals surface area contributed by atoms with Gasteiger partial charge in [-0.2, -0.15) is 0 Å². The van der Waals surface area contributed by atoms with Crippen molar-refractivity contribution in [3.63, 3.8) is 0 Å². The van der Waals surface area contributed by atoms with Gasteiger partial charge in [0.15, 0.2) is 0 Å². The number of rotatable bonds is 22. The molecule has 0 aliphatic heterocycles. The monoisotopic (exact) mass is 400 g/mol. The van der Waals surface area contributed by atoms with Gasteiger partial charge in [0.2, 0.25) is 0 Å². The molecule has 28 heavy (non-hydrogen) atoms. The molecule has 0 fully saturated rings. The Morgan fingerprint density at radius 1 is 0.571 bits per heavy atom. The summed E-state index contributed by atoms with van der Waals surface area (Å²) >= 11 is 0. The first kappa shape index (κ1) is 27.9. The highest BCUT2D eigenvalue weighted by molar-refractivity contribution is 4.85. The van der Waals surface area contributed by atoms with Gasteiger partial charge < -0.3 is 15.3 Å². The fourth-order valence-corrected chi connectivity index (χ4v) is 4.01. The molecule has 0 aromatic carbocycles. The molecule has 3 N–H and O–H groups in total. The van der Waals surface area contributed by atoms with E-state index >= 15 is 0 Å². The zero-order valence-electron chi connectivity index (χ0n) is 19.3. The number of aliphatic hydroxyl groups is 3. The lowest BCUT2D eigenvalue weighted by Crippen LogP contribution is -2.45. The molecule has 3 nitrogen and oxygen atoms in total. The summed E-state index contributed by atoms with van der Waals surface area (Å²) in [6.07, 6.45) is 23.0. The van der Waals surface area contributed by atoms with Crippen LogP contribution in [-0.4, -0.2) is 33.6 Å². The van der Waals surface area contributed by atoms with Crippen molar-refractivity contribution < 1.29 is 15.3 Å². The normalized spacial score (nSPS) is 14.9. The maximum Gasteiger partial charge on any atom is 0.113 e. The molecule has 3 heteroatoms. The highest BCUT2D eigenvalue weighted by Crippen LogP contribution is 2.23. The Hall–Kier alpha value is -0.120. The van der Waals surface area contributed by atoms with Gasteiger partial charge in [-0.3, -0.25) is 0 Å². The van der Waals surface area contributed by atoms with Gasteiger partial charge in [-0.25, -0.2) is 0 Å². The molecule has 0 aromatic rings. The van der Waals surface area contributed by atoms with Crippen LogP contribution in [0.15, 0.2) is 0 Å². The van der Waals surface area contributed by atoms with Crippen LogP contribution in [0.3, 0.4) is 0 Å². The summed E-state index contributed by atoms with van der Waals surface area (Å²) in [7, 11) is 0. The smallest absolute Gasteiger partial charge is 0.113 e. The summed E-state index contributed by atoms with van der Waals surface area (Å²) < 4.78 is 0. The van der Waals surface area contributed by atoms with Crippen LogP contribution in [-0.2, 0) is 0 Å². The second-order valence-corrected chi connectivity index (χ2v) is 8.97. The van der Waals surface area contributed by atoms with Crippen molar-refractivity contribution >= 4 is 0 Å². The third kappa shape index (κ3) is 15.8. The van der Waals surface area contributed by atoms with Crippen LogP contribution >= 0.6 is 0 Å². The summed E-state index contributed by atoms with van der Waals surface area (Å²) in [4.78, 5) is 0. The van der Waals surface area contributed by atoms with Crippen molar-refractivity contribution in [2.75, 3.05) is 6.61 Å². The summed E-state index contributed by atoms with van der Waals surface area (Å²) in [5.74, 6) is 0. The van der Waals surface area contributed by atoms with Gasteiger partial charge in [0.05, 0.1) is 12.7 Å². The highest BCUT2D eigenvalue weighted by Gasteiger charge is 2.33. The second kappa shape index (κ2) is 20.2. The van der Waals surface area contributed by atoms with Crippen LogP contribution in [0.1, 0.15) is 142 Å². The van der Waals surface area contributed by atoms with E-state index in [4.69, 9.17) is 0 Å². The minimum atomic E-state index is -1.30. The molecule has 0 rings (SSSR count). The molecule has 0 bridgehead atoms. The van der Waals surface area contributed by atoms with E-state index in [0.717, 1.165) is 38.5 Å². The molecule has 0 aliphatic carbocycles. The fraction of sp³-hybridized carbons (Fsp3) is 1.00. The van der Waals surface area contributed by atoms with Gasteiger partial charge in [0, 0.05) is 0 Å². The zero-order chi connectivity index (χ0) is 20.9. The highest BCUT2D eigenvalue weighted by atomic mass is 16.4. The van der Waals surface area contributed by atoms with E-state index in [-0.39, 0.29) is 6.61 Å². The van der Waals surface area contributed by atoms with Gasteiger partial charge in [-0.05, 0) is 12.8 Å². The molecule has 0 heterocycles. The Morgan fingerprint density at radius 2 is 0.929 bits per heavy atom. The molecule has 0 radical (unpaired) electrons. The Bertz CT molecular complexity index is 308. The first-order valence-electron chi connectivity index (χ1n) is 12.6. The maximum atomic E-state index is 10.5. The van der Waals surface area contributed by atoms with E-state index in [9.17, 15) is 15.3 Å². The fourth-order valence-electron chi connectivity index (χ4n) is 4.01. The molecule has 0 aromatic heterocycles. The number of unbranched alkanes of at least 4 members (excludes halogenated alkanes) is 16. The predicted molar refractivity (Wildman–Crippen MR) is 122 cm³/mol. The quantitative estimate of drug-likeness (QED) is 0.173. The molecule has 0 amide bonds. The Kier molecular flexibility index (Phi) is 20.1.